The van der Waals surface area contributed by atoms with Crippen molar-refractivity contribution in [3.05, 3.63) is 23.3 Å². The van der Waals surface area contributed by atoms with Crippen molar-refractivity contribution in [3.8, 4) is 11.5 Å². The van der Waals surface area contributed by atoms with E-state index in [1.807, 2.05) is 6.07 Å². The summed E-state index contributed by atoms with van der Waals surface area (Å²) in [6, 6.07) is 4.83. The summed E-state index contributed by atoms with van der Waals surface area (Å²) in [5.74, 6) is 2.34. The van der Waals surface area contributed by atoms with E-state index in [1.54, 1.807) is 7.11 Å². The Hall–Kier alpha value is -0.260. The Kier molecular flexibility index (Phi) is 3.79. The first-order chi connectivity index (χ1) is 10.7. The standard InChI is InChI=1S/C18H23NO3.Na.H/c1-19-8-7-18-11-4-5-13(20)17(18)22-16-14(21-2)6-3-10(15(16)18)9-12(11)19;;/h3,6,11-13,17,20H,4-5,7-9H2,1-2H3;;/q;+1;-1/t11-,12+,13-,17-,18-;;/m0../s1. The van der Waals surface area contributed by atoms with Crippen LogP contribution in [0.15, 0.2) is 12.1 Å². The summed E-state index contributed by atoms with van der Waals surface area (Å²) < 4.78 is 11.9. The molecule has 1 saturated heterocycles. The van der Waals surface area contributed by atoms with E-state index in [4.69, 9.17) is 9.47 Å². The molecule has 1 aromatic carbocycles. The monoisotopic (exact) mass is 325 g/mol. The summed E-state index contributed by atoms with van der Waals surface area (Å²) >= 11 is 0. The van der Waals surface area contributed by atoms with Crippen LogP contribution in [0.4, 0.5) is 0 Å². The first kappa shape index (κ1) is 16.2. The van der Waals surface area contributed by atoms with Crippen LogP contribution in [-0.2, 0) is 11.8 Å². The van der Waals surface area contributed by atoms with Crippen molar-refractivity contribution in [1.29, 1.82) is 0 Å². The second kappa shape index (κ2) is 5.37. The van der Waals surface area contributed by atoms with E-state index >= 15 is 0 Å². The number of methoxy groups -OCH3 is 1. The number of hydrogen-bond acceptors (Lipinski definition) is 4. The second-order valence-corrected chi connectivity index (χ2v) is 7.46. The third-order valence-electron chi connectivity index (χ3n) is 6.77. The number of ether oxygens (including phenoxy) is 2. The van der Waals surface area contributed by atoms with Crippen molar-refractivity contribution < 1.29 is 45.6 Å². The minimum absolute atomic E-state index is 0. The van der Waals surface area contributed by atoms with Crippen LogP contribution in [0.25, 0.3) is 0 Å². The van der Waals surface area contributed by atoms with Gasteiger partial charge in [-0.1, -0.05) is 6.07 Å². The fraction of sp³-hybridized carbons (Fsp3) is 0.667. The van der Waals surface area contributed by atoms with Gasteiger partial charge < -0.3 is 20.9 Å². The molecule has 5 rings (SSSR count). The van der Waals surface area contributed by atoms with Crippen molar-refractivity contribution >= 4 is 0 Å². The van der Waals surface area contributed by atoms with Gasteiger partial charge in [0.05, 0.1) is 13.2 Å². The summed E-state index contributed by atoms with van der Waals surface area (Å²) in [7, 11) is 3.96. The van der Waals surface area contributed by atoms with Gasteiger partial charge in [0, 0.05) is 17.0 Å². The van der Waals surface area contributed by atoms with Crippen molar-refractivity contribution in [2.75, 3.05) is 20.7 Å². The van der Waals surface area contributed by atoms with Crippen LogP contribution >= 0.6 is 0 Å². The summed E-state index contributed by atoms with van der Waals surface area (Å²) in [4.78, 5) is 2.52. The van der Waals surface area contributed by atoms with Crippen LogP contribution < -0.4 is 39.0 Å². The van der Waals surface area contributed by atoms with E-state index in [1.165, 1.54) is 11.1 Å². The molecule has 4 aliphatic rings. The van der Waals surface area contributed by atoms with Crippen LogP contribution in [0.2, 0.25) is 0 Å². The summed E-state index contributed by atoms with van der Waals surface area (Å²) in [6.45, 7) is 1.09. The quantitative estimate of drug-likeness (QED) is 0.662. The second-order valence-electron chi connectivity index (χ2n) is 7.46. The molecule has 0 unspecified atom stereocenters. The van der Waals surface area contributed by atoms with Gasteiger partial charge in [0.25, 0.3) is 0 Å². The van der Waals surface area contributed by atoms with Crippen molar-refractivity contribution in [1.82, 2.24) is 4.90 Å². The van der Waals surface area contributed by atoms with Crippen LogP contribution in [0, 0.1) is 5.92 Å². The van der Waals surface area contributed by atoms with Gasteiger partial charge in [0.2, 0.25) is 0 Å². The maximum atomic E-state index is 10.6. The molecule has 2 aliphatic heterocycles. The topological polar surface area (TPSA) is 41.9 Å². The molecule has 23 heavy (non-hydrogen) atoms. The van der Waals surface area contributed by atoms with Crippen molar-refractivity contribution in [2.45, 2.75) is 49.3 Å². The fourth-order valence-corrected chi connectivity index (χ4v) is 5.86. The Bertz CT molecular complexity index is 657. The van der Waals surface area contributed by atoms with Crippen molar-refractivity contribution in [2.24, 2.45) is 5.92 Å². The van der Waals surface area contributed by atoms with Gasteiger partial charge in [-0.05, 0) is 56.8 Å². The van der Waals surface area contributed by atoms with Crippen LogP contribution in [0.5, 0.6) is 11.5 Å². The van der Waals surface area contributed by atoms with Gasteiger partial charge >= 0.3 is 29.6 Å². The maximum Gasteiger partial charge on any atom is 1.00 e. The molecule has 1 saturated carbocycles. The molecule has 1 N–H and O–H groups in total. The number of likely N-dealkylation sites (N-methyl/N-ethyl adjacent to an activating group) is 1. The maximum absolute atomic E-state index is 10.6. The first-order valence-corrected chi connectivity index (χ1v) is 8.42. The Balaban J connectivity index is 0.000000845. The molecular formula is C18H24NNaO3. The fourth-order valence-electron chi connectivity index (χ4n) is 5.86. The molecule has 2 heterocycles. The SMILES string of the molecule is COc1ccc2c3c1O[C@H]1[C@@H](O)CC[C@H]4[C@@H](C2)N(C)CC[C@@]341.[H-].[Na+]. The van der Waals surface area contributed by atoms with Crippen LogP contribution in [0.1, 0.15) is 31.8 Å². The Labute approximate surface area is 160 Å². The normalized spacial score (nSPS) is 40.0. The zero-order valence-electron chi connectivity index (χ0n) is 15.2. The molecule has 0 radical (unpaired) electrons. The number of rotatable bonds is 1. The molecule has 2 fully saturated rings. The summed E-state index contributed by atoms with van der Waals surface area (Å²) in [6.07, 6.45) is 3.69. The van der Waals surface area contributed by atoms with E-state index in [9.17, 15) is 5.11 Å². The van der Waals surface area contributed by atoms with Gasteiger partial charge in [0.1, 0.15) is 6.10 Å². The molecule has 5 heteroatoms. The van der Waals surface area contributed by atoms with Gasteiger partial charge in [-0.2, -0.15) is 0 Å². The van der Waals surface area contributed by atoms with Gasteiger partial charge in [-0.15, -0.1) is 0 Å². The van der Waals surface area contributed by atoms with E-state index in [0.29, 0.717) is 12.0 Å². The minimum Gasteiger partial charge on any atom is -1.00 e. The molecule has 120 valence electrons. The average molecular weight is 325 g/mol. The Morgan fingerprint density at radius 2 is 2.22 bits per heavy atom. The van der Waals surface area contributed by atoms with E-state index in [-0.39, 0.29) is 48.6 Å². The smallest absolute Gasteiger partial charge is 1.00 e. The zero-order valence-corrected chi connectivity index (χ0v) is 16.2. The number of aliphatic hydroxyl groups is 1. The molecule has 4 nitrogen and oxygen atoms in total. The average Bonchev–Trinajstić information content (AvgIpc) is 2.88. The molecule has 1 spiro atoms. The van der Waals surface area contributed by atoms with E-state index < -0.39 is 0 Å². The molecule has 1 aromatic rings. The molecular weight excluding hydrogens is 301 g/mol. The molecule has 0 aromatic heterocycles. The number of aliphatic hydroxyl groups excluding tert-OH is 1. The largest absolute Gasteiger partial charge is 1.00 e. The molecule has 2 bridgehead atoms. The van der Waals surface area contributed by atoms with E-state index in [2.05, 4.69) is 18.0 Å². The predicted molar refractivity (Wildman–Crippen MR) is 83.7 cm³/mol. The number of nitrogens with zero attached hydrogens (tertiary/aromatic N) is 1. The first-order valence-electron chi connectivity index (χ1n) is 8.42. The van der Waals surface area contributed by atoms with Gasteiger partial charge in [-0.25, -0.2) is 0 Å². The Morgan fingerprint density at radius 3 is 3.00 bits per heavy atom. The molecule has 2 aliphatic carbocycles. The predicted octanol–water partition coefficient (Wildman–Crippen LogP) is -1.16. The summed E-state index contributed by atoms with van der Waals surface area (Å²) in [5, 5.41) is 10.6. The minimum atomic E-state index is -0.358. The third-order valence-corrected chi connectivity index (χ3v) is 6.77. The number of piperidine rings is 1. The van der Waals surface area contributed by atoms with Gasteiger partial charge in [0.15, 0.2) is 11.5 Å². The van der Waals surface area contributed by atoms with Gasteiger partial charge in [-0.3, -0.25) is 0 Å². The summed E-state index contributed by atoms with van der Waals surface area (Å²) in [5.41, 5.74) is 2.77. The molecule has 0 amide bonds. The number of benzene rings is 1. The van der Waals surface area contributed by atoms with Crippen molar-refractivity contribution in [3.63, 3.8) is 0 Å². The number of likely N-dealkylation sites (tertiary alicyclic amines) is 1. The Morgan fingerprint density at radius 1 is 1.39 bits per heavy atom. The zero-order chi connectivity index (χ0) is 15.1. The van der Waals surface area contributed by atoms with E-state index in [0.717, 1.165) is 43.7 Å². The molecule has 5 atom stereocenters. The van der Waals surface area contributed by atoms with Crippen LogP contribution in [-0.4, -0.2) is 49.0 Å². The number of hydrogen-bond donors (Lipinski definition) is 1. The van der Waals surface area contributed by atoms with Crippen LogP contribution in [0.3, 0.4) is 0 Å². The third kappa shape index (κ3) is 1.85.